The Balaban J connectivity index is 1.64. The van der Waals surface area contributed by atoms with E-state index in [0.29, 0.717) is 11.7 Å². The van der Waals surface area contributed by atoms with E-state index in [9.17, 15) is 9.18 Å². The topological polar surface area (TPSA) is 42.4 Å². The molecule has 0 radical (unpaired) electrons. The number of carbonyl (C=O) groups excluding carboxylic acids is 1. The molecule has 1 amide bonds. The summed E-state index contributed by atoms with van der Waals surface area (Å²) < 4.78 is 20.0. The lowest BCUT2D eigenvalue weighted by molar-refractivity contribution is -0.118. The molecule has 7 heteroatoms. The molecule has 2 aromatic carbocycles. The average molecular weight is 417 g/mol. The van der Waals surface area contributed by atoms with Crippen LogP contribution in [0.3, 0.4) is 0 Å². The summed E-state index contributed by atoms with van der Waals surface area (Å²) in [5.74, 6) is -0.352. The number of anilines is 1. The number of ether oxygens (including phenoxy) is 1. The summed E-state index contributed by atoms with van der Waals surface area (Å²) in [6.45, 7) is 1.23. The molecule has 2 heterocycles. The minimum Gasteiger partial charge on any atom is -0.376 e. The second-order valence-corrected chi connectivity index (χ2v) is 8.60. The van der Waals surface area contributed by atoms with Gasteiger partial charge in [-0.2, -0.15) is 0 Å². The molecule has 1 aliphatic heterocycles. The van der Waals surface area contributed by atoms with E-state index >= 15 is 0 Å². The first-order valence-electron chi connectivity index (χ1n) is 9.24. The Morgan fingerprint density at radius 2 is 2.14 bits per heavy atom. The third-order valence-electron chi connectivity index (χ3n) is 4.80. The number of amides is 1. The molecular weight excluding hydrogens is 395 g/mol. The van der Waals surface area contributed by atoms with E-state index in [0.717, 1.165) is 40.1 Å². The Kier molecular flexibility index (Phi) is 5.94. The molecule has 1 fully saturated rings. The summed E-state index contributed by atoms with van der Waals surface area (Å²) in [5, 5.41) is 0.694. The molecule has 1 aromatic heterocycles. The van der Waals surface area contributed by atoms with Crippen LogP contribution in [0.1, 0.15) is 18.4 Å². The highest BCUT2D eigenvalue weighted by Crippen LogP contribution is 2.34. The van der Waals surface area contributed by atoms with Gasteiger partial charge >= 0.3 is 0 Å². The van der Waals surface area contributed by atoms with E-state index in [1.165, 1.54) is 23.5 Å². The van der Waals surface area contributed by atoms with Gasteiger partial charge in [-0.25, -0.2) is 9.37 Å². The molecule has 146 valence electrons. The molecule has 1 atom stereocenters. The highest BCUT2D eigenvalue weighted by atomic mass is 32.2. The molecule has 28 heavy (non-hydrogen) atoms. The molecule has 0 aliphatic carbocycles. The molecule has 1 aliphatic rings. The number of halogens is 1. The van der Waals surface area contributed by atoms with Gasteiger partial charge in [0.05, 0.1) is 29.3 Å². The largest absolute Gasteiger partial charge is 0.376 e. The molecule has 0 N–H and O–H groups in total. The summed E-state index contributed by atoms with van der Waals surface area (Å²) in [7, 11) is 0. The van der Waals surface area contributed by atoms with E-state index in [4.69, 9.17) is 9.72 Å². The van der Waals surface area contributed by atoms with Crippen LogP contribution in [0.5, 0.6) is 0 Å². The van der Waals surface area contributed by atoms with E-state index < -0.39 is 0 Å². The molecule has 1 saturated heterocycles. The van der Waals surface area contributed by atoms with Gasteiger partial charge in [-0.15, -0.1) is 11.8 Å². The SMILES string of the molecule is CSc1cccc2sc(N(C[C@@H]3CCCO3)C(=O)Cc3ccc(F)cc3)nc12. The van der Waals surface area contributed by atoms with Gasteiger partial charge in [0.1, 0.15) is 5.82 Å². The summed E-state index contributed by atoms with van der Waals surface area (Å²) in [5.41, 5.74) is 1.72. The first-order chi connectivity index (χ1) is 13.6. The van der Waals surface area contributed by atoms with E-state index in [1.54, 1.807) is 28.8 Å². The second kappa shape index (κ2) is 8.59. The molecule has 0 bridgehead atoms. The Hall–Kier alpha value is -1.96. The number of para-hydroxylation sites is 1. The van der Waals surface area contributed by atoms with Crippen LogP contribution in [0, 0.1) is 5.82 Å². The monoisotopic (exact) mass is 416 g/mol. The van der Waals surface area contributed by atoms with Gasteiger partial charge in [0.25, 0.3) is 0 Å². The highest BCUT2D eigenvalue weighted by Gasteiger charge is 2.26. The number of benzene rings is 2. The van der Waals surface area contributed by atoms with Crippen LogP contribution < -0.4 is 4.90 Å². The maximum atomic E-state index is 13.2. The third-order valence-corrected chi connectivity index (χ3v) is 6.61. The number of thioether (sulfide) groups is 1. The van der Waals surface area contributed by atoms with Gasteiger partial charge in [0, 0.05) is 11.5 Å². The first kappa shape index (κ1) is 19.4. The standard InChI is InChI=1S/C21H21FN2O2S2/c1-27-17-5-2-6-18-20(17)23-21(28-18)24(13-16-4-3-11-26-16)19(25)12-14-7-9-15(22)10-8-14/h2,5-10,16H,3-4,11-13H2,1H3/t16-/m0/s1. The normalized spacial score (nSPS) is 16.6. The smallest absolute Gasteiger partial charge is 0.233 e. The van der Waals surface area contributed by atoms with Gasteiger partial charge in [0.2, 0.25) is 5.91 Å². The van der Waals surface area contributed by atoms with Gasteiger partial charge in [-0.05, 0) is 48.9 Å². The second-order valence-electron chi connectivity index (χ2n) is 6.75. The van der Waals surface area contributed by atoms with Crippen LogP contribution in [0.2, 0.25) is 0 Å². The van der Waals surface area contributed by atoms with Crippen LogP contribution in [0.15, 0.2) is 47.4 Å². The fourth-order valence-corrected chi connectivity index (χ4v) is 4.99. The molecular formula is C21H21FN2O2S2. The zero-order valence-corrected chi connectivity index (χ0v) is 17.2. The summed E-state index contributed by atoms with van der Waals surface area (Å²) in [6.07, 6.45) is 4.22. The maximum absolute atomic E-state index is 13.2. The average Bonchev–Trinajstić information content (AvgIpc) is 3.36. The maximum Gasteiger partial charge on any atom is 0.233 e. The number of fused-ring (bicyclic) bond motifs is 1. The number of carbonyl (C=O) groups is 1. The molecule has 0 unspecified atom stereocenters. The van der Waals surface area contributed by atoms with Crippen LogP contribution in [-0.4, -0.2) is 36.4 Å². The number of aromatic nitrogens is 1. The van der Waals surface area contributed by atoms with Crippen LogP contribution >= 0.6 is 23.1 Å². The van der Waals surface area contributed by atoms with Crippen molar-refractivity contribution in [3.63, 3.8) is 0 Å². The fraction of sp³-hybridized carbons (Fsp3) is 0.333. The minimum atomic E-state index is -0.303. The fourth-order valence-electron chi connectivity index (χ4n) is 3.34. The third kappa shape index (κ3) is 4.21. The first-order valence-corrected chi connectivity index (χ1v) is 11.3. The van der Waals surface area contributed by atoms with Crippen molar-refractivity contribution < 1.29 is 13.9 Å². The van der Waals surface area contributed by atoms with E-state index in [-0.39, 0.29) is 24.2 Å². The zero-order valence-electron chi connectivity index (χ0n) is 15.6. The summed E-state index contributed by atoms with van der Waals surface area (Å²) in [4.78, 5) is 20.8. The number of hydrogen-bond acceptors (Lipinski definition) is 5. The van der Waals surface area contributed by atoms with Crippen molar-refractivity contribution in [2.24, 2.45) is 0 Å². The molecule has 3 aromatic rings. The minimum absolute atomic E-state index is 0.0317. The zero-order chi connectivity index (χ0) is 19.5. The molecule has 0 saturated carbocycles. The van der Waals surface area contributed by atoms with Gasteiger partial charge in [0.15, 0.2) is 5.13 Å². The van der Waals surface area contributed by atoms with E-state index in [1.807, 2.05) is 24.5 Å². The summed E-state index contributed by atoms with van der Waals surface area (Å²) >= 11 is 3.17. The Morgan fingerprint density at radius 1 is 1.32 bits per heavy atom. The van der Waals surface area contributed by atoms with Crippen molar-refractivity contribution in [2.45, 2.75) is 30.3 Å². The van der Waals surface area contributed by atoms with Crippen LogP contribution in [0.25, 0.3) is 10.2 Å². The number of nitrogens with zero attached hydrogens (tertiary/aromatic N) is 2. The van der Waals surface area contributed by atoms with Crippen molar-refractivity contribution in [1.29, 1.82) is 0 Å². The number of hydrogen-bond donors (Lipinski definition) is 0. The summed E-state index contributed by atoms with van der Waals surface area (Å²) in [6, 6.07) is 12.2. The lowest BCUT2D eigenvalue weighted by Crippen LogP contribution is -2.38. The molecule has 4 nitrogen and oxygen atoms in total. The Morgan fingerprint density at radius 3 is 2.86 bits per heavy atom. The van der Waals surface area contributed by atoms with Crippen molar-refractivity contribution in [1.82, 2.24) is 4.98 Å². The van der Waals surface area contributed by atoms with Crippen molar-refractivity contribution in [3.8, 4) is 0 Å². The lowest BCUT2D eigenvalue weighted by Gasteiger charge is -2.23. The predicted octanol–water partition coefficient (Wildman–Crippen LogP) is 4.91. The van der Waals surface area contributed by atoms with Crippen molar-refractivity contribution >= 4 is 44.4 Å². The highest BCUT2D eigenvalue weighted by molar-refractivity contribution is 7.98. The Bertz CT molecular complexity index is 968. The van der Waals surface area contributed by atoms with E-state index in [2.05, 4.69) is 0 Å². The van der Waals surface area contributed by atoms with Crippen molar-refractivity contribution in [3.05, 3.63) is 53.8 Å². The van der Waals surface area contributed by atoms with Crippen molar-refractivity contribution in [2.75, 3.05) is 24.3 Å². The van der Waals surface area contributed by atoms with Crippen LogP contribution in [0.4, 0.5) is 9.52 Å². The van der Waals surface area contributed by atoms with Gasteiger partial charge in [-0.1, -0.05) is 29.5 Å². The van der Waals surface area contributed by atoms with Gasteiger partial charge < -0.3 is 4.74 Å². The predicted molar refractivity (Wildman–Crippen MR) is 113 cm³/mol. The lowest BCUT2D eigenvalue weighted by atomic mass is 10.1. The Labute approximate surface area is 171 Å². The van der Waals surface area contributed by atoms with Gasteiger partial charge in [-0.3, -0.25) is 9.69 Å². The number of thiazole rings is 1. The molecule has 4 rings (SSSR count). The number of rotatable bonds is 6. The van der Waals surface area contributed by atoms with Crippen LogP contribution in [-0.2, 0) is 16.0 Å². The molecule has 0 spiro atoms. The quantitative estimate of drug-likeness (QED) is 0.536.